The third-order valence-electron chi connectivity index (χ3n) is 3.76. The molecule has 2 heterocycles. The van der Waals surface area contributed by atoms with E-state index in [-0.39, 0.29) is 5.91 Å². The smallest absolute Gasteiger partial charge is 0.234 e. The van der Waals surface area contributed by atoms with Crippen LogP contribution >= 0.6 is 11.3 Å². The van der Waals surface area contributed by atoms with Crippen LogP contribution in [0.5, 0.6) is 0 Å². The van der Waals surface area contributed by atoms with Crippen molar-refractivity contribution in [1.29, 1.82) is 0 Å². The van der Waals surface area contributed by atoms with Crippen LogP contribution in [0.4, 0.5) is 5.69 Å². The van der Waals surface area contributed by atoms with Crippen LogP contribution in [0.25, 0.3) is 4.96 Å². The molecule has 1 aromatic carbocycles. The molecule has 0 aliphatic rings. The molecule has 0 aliphatic heterocycles. The van der Waals surface area contributed by atoms with Crippen LogP contribution in [0, 0.1) is 0 Å². The summed E-state index contributed by atoms with van der Waals surface area (Å²) < 4.78 is 1.64. The lowest BCUT2D eigenvalue weighted by molar-refractivity contribution is -0.116. The highest BCUT2D eigenvalue weighted by Crippen LogP contribution is 2.23. The number of fused-ring (bicyclic) bond motifs is 1. The van der Waals surface area contributed by atoms with Gasteiger partial charge in [0.25, 0.3) is 0 Å². The number of nitrogens with zero attached hydrogens (tertiary/aromatic N) is 4. The number of nitrogens with one attached hydrogen (secondary N) is 1. The maximum atomic E-state index is 12.3. The Morgan fingerprint density at radius 2 is 2.00 bits per heavy atom. The zero-order chi connectivity index (χ0) is 16.2. The SMILES string of the molecule is CCc1cccc(CC)c1NC(=O)CCc1nn2cnnc2s1. The van der Waals surface area contributed by atoms with Gasteiger partial charge in [0, 0.05) is 18.5 Å². The molecule has 0 atom stereocenters. The zero-order valence-corrected chi connectivity index (χ0v) is 14.1. The molecule has 23 heavy (non-hydrogen) atoms. The summed E-state index contributed by atoms with van der Waals surface area (Å²) in [5.41, 5.74) is 3.33. The first kappa shape index (κ1) is 15.6. The average molecular weight is 329 g/mol. The number of aromatic nitrogens is 4. The van der Waals surface area contributed by atoms with E-state index in [1.807, 2.05) is 6.07 Å². The summed E-state index contributed by atoms with van der Waals surface area (Å²) in [4.78, 5) is 13.1. The maximum absolute atomic E-state index is 12.3. The fourth-order valence-electron chi connectivity index (χ4n) is 2.53. The highest BCUT2D eigenvalue weighted by Gasteiger charge is 2.12. The van der Waals surface area contributed by atoms with Gasteiger partial charge in [0.2, 0.25) is 10.9 Å². The summed E-state index contributed by atoms with van der Waals surface area (Å²) in [7, 11) is 0. The van der Waals surface area contributed by atoms with E-state index in [0.29, 0.717) is 12.8 Å². The number of hydrogen-bond donors (Lipinski definition) is 1. The summed E-state index contributed by atoms with van der Waals surface area (Å²) in [6.07, 6.45) is 4.39. The number of carbonyl (C=O) groups excluding carboxylic acids is 1. The van der Waals surface area contributed by atoms with Crippen LogP contribution in [0.2, 0.25) is 0 Å². The molecule has 0 saturated heterocycles. The molecular weight excluding hydrogens is 310 g/mol. The zero-order valence-electron chi connectivity index (χ0n) is 13.2. The van der Waals surface area contributed by atoms with Gasteiger partial charge in [-0.1, -0.05) is 43.4 Å². The molecule has 0 aliphatic carbocycles. The van der Waals surface area contributed by atoms with E-state index in [2.05, 4.69) is 46.6 Å². The van der Waals surface area contributed by atoms with E-state index in [1.165, 1.54) is 22.5 Å². The van der Waals surface area contributed by atoms with Crippen LogP contribution in [0.15, 0.2) is 24.5 Å². The number of amides is 1. The summed E-state index contributed by atoms with van der Waals surface area (Å²) in [5.74, 6) is 0.0200. The number of aryl methyl sites for hydroxylation is 3. The highest BCUT2D eigenvalue weighted by atomic mass is 32.1. The fourth-order valence-corrected chi connectivity index (χ4v) is 3.34. The topological polar surface area (TPSA) is 72.2 Å². The minimum atomic E-state index is 0.0200. The van der Waals surface area contributed by atoms with E-state index in [1.54, 1.807) is 10.8 Å². The van der Waals surface area contributed by atoms with Gasteiger partial charge in [-0.15, -0.1) is 10.2 Å². The van der Waals surface area contributed by atoms with Crippen molar-refractivity contribution in [3.63, 3.8) is 0 Å². The normalized spacial score (nSPS) is 11.0. The molecule has 2 aromatic heterocycles. The number of benzene rings is 1. The van der Waals surface area contributed by atoms with Crippen molar-refractivity contribution < 1.29 is 4.79 Å². The van der Waals surface area contributed by atoms with Gasteiger partial charge in [-0.05, 0) is 24.0 Å². The van der Waals surface area contributed by atoms with Crippen molar-refractivity contribution in [3.05, 3.63) is 40.7 Å². The monoisotopic (exact) mass is 329 g/mol. The predicted molar refractivity (Wildman–Crippen MR) is 90.8 cm³/mol. The van der Waals surface area contributed by atoms with E-state index in [4.69, 9.17) is 0 Å². The summed E-state index contributed by atoms with van der Waals surface area (Å²) >= 11 is 1.47. The molecule has 0 fully saturated rings. The molecule has 0 radical (unpaired) electrons. The second-order valence-corrected chi connectivity index (χ2v) is 6.30. The van der Waals surface area contributed by atoms with Gasteiger partial charge in [-0.25, -0.2) is 0 Å². The van der Waals surface area contributed by atoms with E-state index in [9.17, 15) is 4.79 Å². The fraction of sp³-hybridized carbons (Fsp3) is 0.375. The van der Waals surface area contributed by atoms with Gasteiger partial charge in [-0.3, -0.25) is 4.79 Å². The molecule has 0 saturated carbocycles. The molecule has 3 aromatic rings. The Labute approximate surface area is 138 Å². The van der Waals surface area contributed by atoms with Gasteiger partial charge in [0.05, 0.1) is 0 Å². The second-order valence-electron chi connectivity index (χ2n) is 5.26. The Morgan fingerprint density at radius 3 is 2.65 bits per heavy atom. The van der Waals surface area contributed by atoms with E-state index >= 15 is 0 Å². The Bertz CT molecular complexity index is 772. The van der Waals surface area contributed by atoms with Crippen molar-refractivity contribution >= 4 is 27.9 Å². The molecule has 0 bridgehead atoms. The molecular formula is C16H19N5OS. The van der Waals surface area contributed by atoms with Crippen molar-refractivity contribution in [2.45, 2.75) is 39.5 Å². The maximum Gasteiger partial charge on any atom is 0.234 e. The van der Waals surface area contributed by atoms with Crippen LogP contribution in [0.3, 0.4) is 0 Å². The number of carbonyl (C=O) groups is 1. The average Bonchev–Trinajstić information content (AvgIpc) is 3.14. The molecule has 0 spiro atoms. The standard InChI is InChI=1S/C16H19N5OS/c1-3-11-6-5-7-12(4-2)15(11)18-13(22)8-9-14-20-21-10-17-19-16(21)23-14/h5-7,10H,3-4,8-9H2,1-2H3,(H,18,22). The van der Waals surface area contributed by atoms with Gasteiger partial charge in [-0.2, -0.15) is 9.61 Å². The number of rotatable bonds is 6. The van der Waals surface area contributed by atoms with E-state index in [0.717, 1.165) is 28.5 Å². The van der Waals surface area contributed by atoms with Crippen LogP contribution in [-0.2, 0) is 24.1 Å². The minimum absolute atomic E-state index is 0.0200. The van der Waals surface area contributed by atoms with Crippen LogP contribution < -0.4 is 5.32 Å². The van der Waals surface area contributed by atoms with Crippen molar-refractivity contribution in [2.24, 2.45) is 0 Å². The lowest BCUT2D eigenvalue weighted by Crippen LogP contribution is -2.15. The first-order valence-corrected chi connectivity index (χ1v) is 8.59. The quantitative estimate of drug-likeness (QED) is 0.755. The van der Waals surface area contributed by atoms with Gasteiger partial charge < -0.3 is 5.32 Å². The predicted octanol–water partition coefficient (Wildman–Crippen LogP) is 2.88. The first-order chi connectivity index (χ1) is 11.2. The Morgan fingerprint density at radius 1 is 1.26 bits per heavy atom. The summed E-state index contributed by atoms with van der Waals surface area (Å²) in [6.45, 7) is 4.20. The molecule has 1 N–H and O–H groups in total. The Hall–Kier alpha value is -2.28. The molecule has 1 amide bonds. The summed E-state index contributed by atoms with van der Waals surface area (Å²) in [6, 6.07) is 6.18. The Balaban J connectivity index is 1.66. The second kappa shape index (κ2) is 6.87. The van der Waals surface area contributed by atoms with Crippen LogP contribution in [-0.4, -0.2) is 25.7 Å². The lowest BCUT2D eigenvalue weighted by Gasteiger charge is -2.14. The Kier molecular flexibility index (Phi) is 4.66. The molecule has 3 rings (SSSR count). The van der Waals surface area contributed by atoms with Crippen molar-refractivity contribution in [1.82, 2.24) is 19.8 Å². The van der Waals surface area contributed by atoms with Gasteiger partial charge >= 0.3 is 0 Å². The first-order valence-electron chi connectivity index (χ1n) is 7.77. The van der Waals surface area contributed by atoms with Gasteiger partial charge in [0.1, 0.15) is 11.3 Å². The van der Waals surface area contributed by atoms with Gasteiger partial charge in [0.15, 0.2) is 0 Å². The van der Waals surface area contributed by atoms with Crippen molar-refractivity contribution in [2.75, 3.05) is 5.32 Å². The van der Waals surface area contributed by atoms with Crippen LogP contribution in [0.1, 0.15) is 36.4 Å². The van der Waals surface area contributed by atoms with Crippen molar-refractivity contribution in [3.8, 4) is 0 Å². The largest absolute Gasteiger partial charge is 0.326 e. The molecule has 120 valence electrons. The number of hydrogen-bond acceptors (Lipinski definition) is 5. The highest BCUT2D eigenvalue weighted by molar-refractivity contribution is 7.16. The third kappa shape index (κ3) is 3.39. The molecule has 6 nitrogen and oxygen atoms in total. The lowest BCUT2D eigenvalue weighted by atomic mass is 10.0. The molecule has 7 heteroatoms. The van der Waals surface area contributed by atoms with E-state index < -0.39 is 0 Å². The third-order valence-corrected chi connectivity index (χ3v) is 4.73. The number of anilines is 1. The summed E-state index contributed by atoms with van der Waals surface area (Å²) in [5, 5.41) is 16.0. The molecule has 0 unspecified atom stereocenters. The minimum Gasteiger partial charge on any atom is -0.326 e. The number of para-hydroxylation sites is 1.